The Morgan fingerprint density at radius 1 is 1.32 bits per heavy atom. The van der Waals surface area contributed by atoms with Gasteiger partial charge in [-0.3, -0.25) is 0 Å². The summed E-state index contributed by atoms with van der Waals surface area (Å²) in [6, 6.07) is 6.78. The van der Waals surface area contributed by atoms with Crippen LogP contribution in [0.4, 0.5) is 10.1 Å². The van der Waals surface area contributed by atoms with Gasteiger partial charge in [-0.25, -0.2) is 9.18 Å². The van der Waals surface area contributed by atoms with Gasteiger partial charge in [0.05, 0.1) is 7.11 Å². The van der Waals surface area contributed by atoms with Crippen molar-refractivity contribution in [1.82, 2.24) is 0 Å². The number of nitrogens with zero attached hydrogens (tertiary/aromatic N) is 1. The van der Waals surface area contributed by atoms with Crippen LogP contribution in [0, 0.1) is 0 Å². The summed E-state index contributed by atoms with van der Waals surface area (Å²) >= 11 is 0. The lowest BCUT2D eigenvalue weighted by Crippen LogP contribution is -2.35. The molecule has 0 aliphatic carbocycles. The minimum atomic E-state index is -0.440. The molecule has 0 radical (unpaired) electrons. The van der Waals surface area contributed by atoms with Gasteiger partial charge in [0.2, 0.25) is 0 Å². The van der Waals surface area contributed by atoms with Crippen LogP contribution in [0.5, 0.6) is 0 Å². The maximum atomic E-state index is 15.0. The van der Waals surface area contributed by atoms with Gasteiger partial charge >= 0.3 is 5.97 Å². The number of anilines is 1. The van der Waals surface area contributed by atoms with E-state index in [2.05, 4.69) is 42.5 Å². The lowest BCUT2D eigenvalue weighted by atomic mass is 9.93. The first kappa shape index (κ1) is 21.9. The first-order valence-corrected chi connectivity index (χ1v) is 10.1. The average molecular weight is 386 g/mol. The molecule has 1 aromatic rings. The Morgan fingerprint density at radius 2 is 2.07 bits per heavy atom. The molecule has 0 unspecified atom stereocenters. The summed E-state index contributed by atoms with van der Waals surface area (Å²) in [4.78, 5) is 13.7. The van der Waals surface area contributed by atoms with E-state index in [-0.39, 0.29) is 5.83 Å². The van der Waals surface area contributed by atoms with Crippen molar-refractivity contribution < 1.29 is 13.9 Å². The van der Waals surface area contributed by atoms with Crippen molar-refractivity contribution in [3.63, 3.8) is 0 Å². The molecule has 1 aromatic carbocycles. The van der Waals surface area contributed by atoms with Gasteiger partial charge in [-0.15, -0.1) is 0 Å². The van der Waals surface area contributed by atoms with Crippen LogP contribution in [-0.4, -0.2) is 25.7 Å². The van der Waals surface area contributed by atoms with E-state index in [4.69, 9.17) is 0 Å². The molecule has 28 heavy (non-hydrogen) atoms. The van der Waals surface area contributed by atoms with Crippen molar-refractivity contribution in [2.75, 3.05) is 18.6 Å². The number of benzene rings is 1. The van der Waals surface area contributed by atoms with Crippen LogP contribution in [0.2, 0.25) is 0 Å². The topological polar surface area (TPSA) is 29.5 Å². The van der Waals surface area contributed by atoms with Crippen LogP contribution in [0.1, 0.15) is 58.1 Å². The van der Waals surface area contributed by atoms with Gasteiger partial charge in [0.1, 0.15) is 5.83 Å². The molecule has 0 aromatic heterocycles. The number of fused-ring (bicyclic) bond motifs is 1. The molecule has 0 fully saturated rings. The van der Waals surface area contributed by atoms with Crippen molar-refractivity contribution in [2.45, 2.75) is 59.4 Å². The van der Waals surface area contributed by atoms with E-state index in [1.807, 2.05) is 6.07 Å². The van der Waals surface area contributed by atoms with E-state index in [0.717, 1.165) is 31.4 Å². The minimum Gasteiger partial charge on any atom is -0.466 e. The Morgan fingerprint density at radius 3 is 2.71 bits per heavy atom. The Labute approximate surface area is 168 Å². The molecule has 0 spiro atoms. The molecular formula is C24H32FNO2. The summed E-state index contributed by atoms with van der Waals surface area (Å²) in [6.45, 7) is 9.29. The van der Waals surface area contributed by atoms with Crippen molar-refractivity contribution in [3.8, 4) is 0 Å². The van der Waals surface area contributed by atoms with Gasteiger partial charge in [0, 0.05) is 24.4 Å². The first-order valence-electron chi connectivity index (χ1n) is 10.1. The lowest BCUT2D eigenvalue weighted by molar-refractivity contribution is -0.134. The van der Waals surface area contributed by atoms with Gasteiger partial charge in [0.25, 0.3) is 0 Å². The third-order valence-corrected chi connectivity index (χ3v) is 5.03. The highest BCUT2D eigenvalue weighted by atomic mass is 19.1. The Hall–Kier alpha value is -2.36. The zero-order valence-corrected chi connectivity index (χ0v) is 17.7. The zero-order valence-electron chi connectivity index (χ0n) is 17.7. The smallest absolute Gasteiger partial charge is 0.330 e. The number of hydrogen-bond acceptors (Lipinski definition) is 3. The monoisotopic (exact) mass is 385 g/mol. The molecule has 1 heterocycles. The molecule has 0 atom stereocenters. The largest absolute Gasteiger partial charge is 0.466 e. The number of carbonyl (C=O) groups excluding carboxylic acids is 1. The predicted octanol–water partition coefficient (Wildman–Crippen LogP) is 6.00. The summed E-state index contributed by atoms with van der Waals surface area (Å²) in [7, 11) is 1.33. The Bertz CT molecular complexity index is 790. The quantitative estimate of drug-likeness (QED) is 0.327. The second-order valence-electron chi connectivity index (χ2n) is 7.56. The fraction of sp³-hybridized carbons (Fsp3) is 0.458. The van der Waals surface area contributed by atoms with Crippen LogP contribution in [0.25, 0.3) is 5.57 Å². The number of methoxy groups -OCH3 is 1. The van der Waals surface area contributed by atoms with E-state index in [1.54, 1.807) is 13.0 Å². The summed E-state index contributed by atoms with van der Waals surface area (Å²) in [5, 5.41) is 0. The molecule has 152 valence electrons. The molecule has 2 rings (SSSR count). The lowest BCUT2D eigenvalue weighted by Gasteiger charge is -2.35. The summed E-state index contributed by atoms with van der Waals surface area (Å²) in [6.07, 6.45) is 8.10. The van der Waals surface area contributed by atoms with Gasteiger partial charge in [-0.1, -0.05) is 25.5 Å². The van der Waals surface area contributed by atoms with E-state index in [0.29, 0.717) is 23.6 Å². The highest BCUT2D eigenvalue weighted by Crippen LogP contribution is 2.34. The summed E-state index contributed by atoms with van der Waals surface area (Å²) in [5.74, 6) is -0.694. The normalized spacial score (nSPS) is 15.7. The number of aryl methyl sites for hydroxylation is 1. The van der Waals surface area contributed by atoms with Gasteiger partial charge in [-0.05, 0) is 80.5 Å². The molecule has 0 saturated heterocycles. The van der Waals surface area contributed by atoms with Crippen molar-refractivity contribution in [2.24, 2.45) is 0 Å². The number of halogens is 1. The average Bonchev–Trinajstić information content (AvgIpc) is 2.69. The van der Waals surface area contributed by atoms with E-state index in [9.17, 15) is 9.18 Å². The van der Waals surface area contributed by atoms with Crippen molar-refractivity contribution >= 4 is 17.2 Å². The van der Waals surface area contributed by atoms with Crippen LogP contribution in [0.15, 0.2) is 47.8 Å². The van der Waals surface area contributed by atoms with Crippen molar-refractivity contribution in [3.05, 3.63) is 59.0 Å². The number of allylic oxidation sites excluding steroid dienone is 5. The summed E-state index contributed by atoms with van der Waals surface area (Å²) in [5.41, 5.74) is 4.88. The highest BCUT2D eigenvalue weighted by molar-refractivity contribution is 5.83. The Balaban J connectivity index is 2.36. The molecule has 0 bridgehead atoms. The number of rotatable bonds is 7. The van der Waals surface area contributed by atoms with Gasteiger partial charge < -0.3 is 9.64 Å². The second-order valence-corrected chi connectivity index (χ2v) is 7.56. The highest BCUT2D eigenvalue weighted by Gasteiger charge is 2.20. The molecule has 0 amide bonds. The maximum absolute atomic E-state index is 15.0. The van der Waals surface area contributed by atoms with Crippen LogP contribution < -0.4 is 4.90 Å². The SMILES string of the molecule is CCC/C(=C(F)/C=C/C(C)=C/C(=O)OC)c1ccc2c(c1)CCCN2C(C)C. The molecule has 4 heteroatoms. The minimum absolute atomic E-state index is 0.254. The number of hydrogen-bond donors (Lipinski definition) is 0. The van der Waals surface area contributed by atoms with Gasteiger partial charge in [-0.2, -0.15) is 0 Å². The summed E-state index contributed by atoms with van der Waals surface area (Å²) < 4.78 is 19.6. The molecule has 1 aliphatic rings. The first-order chi connectivity index (χ1) is 13.4. The number of ether oxygens (including phenoxy) is 1. The number of esters is 1. The molecular weight excluding hydrogens is 353 g/mol. The van der Waals surface area contributed by atoms with Crippen LogP contribution in [-0.2, 0) is 16.0 Å². The van der Waals surface area contributed by atoms with Gasteiger partial charge in [0.15, 0.2) is 0 Å². The van der Waals surface area contributed by atoms with E-state index < -0.39 is 5.97 Å². The fourth-order valence-corrected chi connectivity index (χ4v) is 3.60. The van der Waals surface area contributed by atoms with Crippen LogP contribution >= 0.6 is 0 Å². The fourth-order valence-electron chi connectivity index (χ4n) is 3.60. The number of carbonyl (C=O) groups is 1. The molecule has 1 aliphatic heterocycles. The second kappa shape index (κ2) is 10.3. The predicted molar refractivity (Wildman–Crippen MR) is 115 cm³/mol. The standard InChI is InChI=1S/C24H32FNO2/c1-6-8-21(22(25)12-10-18(4)15-24(27)28-5)19-11-13-23-20(16-19)9-7-14-26(23)17(2)3/h10-13,15-17H,6-9,14H2,1-5H3/b12-10+,18-15+,22-21+. The third kappa shape index (κ3) is 5.57. The molecule has 3 nitrogen and oxygen atoms in total. The molecule has 0 N–H and O–H groups in total. The molecule has 0 saturated carbocycles. The van der Waals surface area contributed by atoms with Crippen LogP contribution in [0.3, 0.4) is 0 Å². The zero-order chi connectivity index (χ0) is 20.7. The maximum Gasteiger partial charge on any atom is 0.330 e. The van der Waals surface area contributed by atoms with Crippen molar-refractivity contribution in [1.29, 1.82) is 0 Å². The third-order valence-electron chi connectivity index (χ3n) is 5.03. The Kier molecular flexibility index (Phi) is 8.04. The van der Waals surface area contributed by atoms with E-state index in [1.165, 1.54) is 30.5 Å². The van der Waals surface area contributed by atoms with E-state index >= 15 is 0 Å².